The monoisotopic (exact) mass is 437 g/mol. The van der Waals surface area contributed by atoms with Crippen LogP contribution in [0.1, 0.15) is 51.8 Å². The Kier molecular flexibility index (Phi) is 8.35. The number of methoxy groups -OCH3 is 1. The van der Waals surface area contributed by atoms with Gasteiger partial charge in [0.25, 0.3) is 0 Å². The molecule has 6 nitrogen and oxygen atoms in total. The van der Waals surface area contributed by atoms with Crippen molar-refractivity contribution in [3.63, 3.8) is 0 Å². The molecule has 0 aliphatic rings. The average molecular weight is 437 g/mol. The van der Waals surface area contributed by atoms with Crippen molar-refractivity contribution >= 4 is 34.8 Å². The lowest BCUT2D eigenvalue weighted by Crippen LogP contribution is -2.35. The van der Waals surface area contributed by atoms with Gasteiger partial charge in [0.2, 0.25) is 5.91 Å². The standard InChI is InChI=1S/C21H21F2NO5S/c1-12-3-9-18(30-12)17(26)8-5-14(25)6-10-19(27)24-20(21(28)29-2)15-11-13(22)4-7-16(15)23/h3-4,7,9,11,20H,5-6,8,10H2,1-2H3,(H,24,27)/t20-/m0/s1. The molecule has 160 valence electrons. The predicted octanol–water partition coefficient (Wildman–Crippen LogP) is 3.68. The second-order valence-corrected chi connectivity index (χ2v) is 7.85. The summed E-state index contributed by atoms with van der Waals surface area (Å²) in [4.78, 5) is 49.7. The molecule has 2 aromatic rings. The van der Waals surface area contributed by atoms with Crippen LogP contribution in [0.5, 0.6) is 0 Å². The first kappa shape index (κ1) is 23.3. The van der Waals surface area contributed by atoms with E-state index in [1.165, 1.54) is 11.3 Å². The van der Waals surface area contributed by atoms with Gasteiger partial charge in [0, 0.05) is 36.1 Å². The molecule has 0 spiro atoms. The molecule has 1 aromatic carbocycles. The molecule has 1 heterocycles. The van der Waals surface area contributed by atoms with Crippen LogP contribution in [0.25, 0.3) is 0 Å². The van der Waals surface area contributed by atoms with E-state index < -0.39 is 29.6 Å². The number of hydrogen-bond donors (Lipinski definition) is 1. The van der Waals surface area contributed by atoms with Gasteiger partial charge in [-0.05, 0) is 37.3 Å². The number of amides is 1. The summed E-state index contributed by atoms with van der Waals surface area (Å²) in [6, 6.07) is 4.49. The first-order valence-corrected chi connectivity index (χ1v) is 9.96. The van der Waals surface area contributed by atoms with Crippen LogP contribution in [0, 0.1) is 18.6 Å². The molecule has 0 saturated heterocycles. The Morgan fingerprint density at radius 1 is 1.03 bits per heavy atom. The Morgan fingerprint density at radius 2 is 1.73 bits per heavy atom. The highest BCUT2D eigenvalue weighted by Gasteiger charge is 2.27. The summed E-state index contributed by atoms with van der Waals surface area (Å²) in [5.41, 5.74) is -0.377. The Hall–Kier alpha value is -2.94. The van der Waals surface area contributed by atoms with Crippen LogP contribution in [0.15, 0.2) is 30.3 Å². The van der Waals surface area contributed by atoms with Gasteiger partial charge in [-0.15, -0.1) is 11.3 Å². The smallest absolute Gasteiger partial charge is 0.333 e. The van der Waals surface area contributed by atoms with Crippen molar-refractivity contribution in [2.75, 3.05) is 7.11 Å². The van der Waals surface area contributed by atoms with E-state index in [-0.39, 0.29) is 42.8 Å². The zero-order valence-electron chi connectivity index (χ0n) is 16.5. The van der Waals surface area contributed by atoms with E-state index in [9.17, 15) is 28.0 Å². The predicted molar refractivity (Wildman–Crippen MR) is 106 cm³/mol. The van der Waals surface area contributed by atoms with Crippen LogP contribution in [0.2, 0.25) is 0 Å². The largest absolute Gasteiger partial charge is 0.467 e. The lowest BCUT2D eigenvalue weighted by atomic mass is 10.0. The number of nitrogens with one attached hydrogen (secondary N) is 1. The molecule has 0 aliphatic carbocycles. The fourth-order valence-electron chi connectivity index (χ4n) is 2.69. The average Bonchev–Trinajstić information content (AvgIpc) is 3.16. The molecule has 1 atom stereocenters. The second-order valence-electron chi connectivity index (χ2n) is 6.56. The molecule has 1 aromatic heterocycles. The zero-order chi connectivity index (χ0) is 22.3. The maximum atomic E-state index is 14.0. The lowest BCUT2D eigenvalue weighted by molar-refractivity contribution is -0.145. The number of esters is 1. The zero-order valence-corrected chi connectivity index (χ0v) is 17.3. The quantitative estimate of drug-likeness (QED) is 0.452. The number of ketones is 2. The topological polar surface area (TPSA) is 89.5 Å². The Labute approximate surface area is 176 Å². The van der Waals surface area contributed by atoms with Gasteiger partial charge in [-0.3, -0.25) is 14.4 Å². The summed E-state index contributed by atoms with van der Waals surface area (Å²) in [6.45, 7) is 1.88. The molecule has 30 heavy (non-hydrogen) atoms. The molecule has 0 aliphatic heterocycles. The van der Waals surface area contributed by atoms with Crippen molar-refractivity contribution in [1.82, 2.24) is 5.32 Å². The SMILES string of the molecule is COC(=O)[C@@H](NC(=O)CCC(=O)CCC(=O)c1ccc(C)s1)c1cc(F)ccc1F. The number of benzene rings is 1. The summed E-state index contributed by atoms with van der Waals surface area (Å²) in [6.07, 6.45) is -0.390. The minimum atomic E-state index is -1.54. The van der Waals surface area contributed by atoms with Crippen LogP contribution in [-0.4, -0.2) is 30.6 Å². The number of carbonyl (C=O) groups is 4. The molecule has 1 amide bonds. The maximum absolute atomic E-state index is 14.0. The minimum Gasteiger partial charge on any atom is -0.467 e. The third-order valence-electron chi connectivity index (χ3n) is 4.29. The molecule has 0 bridgehead atoms. The number of carbonyl (C=O) groups excluding carboxylic acids is 4. The van der Waals surface area contributed by atoms with E-state index in [2.05, 4.69) is 10.1 Å². The summed E-state index contributed by atoms with van der Waals surface area (Å²) in [5, 5.41) is 2.26. The molecule has 0 unspecified atom stereocenters. The van der Waals surface area contributed by atoms with E-state index in [0.29, 0.717) is 4.88 Å². The van der Waals surface area contributed by atoms with Gasteiger partial charge in [-0.25, -0.2) is 13.6 Å². The molecule has 0 saturated carbocycles. The van der Waals surface area contributed by atoms with E-state index in [1.54, 1.807) is 6.07 Å². The second kappa shape index (κ2) is 10.7. The van der Waals surface area contributed by atoms with E-state index in [1.807, 2.05) is 13.0 Å². The molecule has 2 rings (SSSR count). The van der Waals surface area contributed by atoms with Gasteiger partial charge in [0.1, 0.15) is 17.4 Å². The molecule has 0 radical (unpaired) electrons. The van der Waals surface area contributed by atoms with Crippen LogP contribution < -0.4 is 5.32 Å². The Bertz CT molecular complexity index is 957. The van der Waals surface area contributed by atoms with Gasteiger partial charge in [0.05, 0.1) is 12.0 Å². The Morgan fingerprint density at radius 3 is 2.37 bits per heavy atom. The molecule has 0 fully saturated rings. The van der Waals surface area contributed by atoms with Crippen molar-refractivity contribution in [2.45, 2.75) is 38.6 Å². The molecular formula is C21H21F2NO5S. The van der Waals surface area contributed by atoms with Crippen molar-refractivity contribution in [3.05, 3.63) is 57.3 Å². The highest BCUT2D eigenvalue weighted by atomic mass is 32.1. The normalized spacial score (nSPS) is 11.6. The van der Waals surface area contributed by atoms with Crippen LogP contribution >= 0.6 is 11.3 Å². The number of rotatable bonds is 10. The first-order chi connectivity index (χ1) is 14.2. The number of halogens is 2. The highest BCUT2D eigenvalue weighted by molar-refractivity contribution is 7.14. The number of thiophene rings is 1. The van der Waals surface area contributed by atoms with Crippen molar-refractivity contribution in [2.24, 2.45) is 0 Å². The third-order valence-corrected chi connectivity index (χ3v) is 5.33. The number of aryl methyl sites for hydroxylation is 1. The fraction of sp³-hybridized carbons (Fsp3) is 0.333. The highest BCUT2D eigenvalue weighted by Crippen LogP contribution is 2.21. The van der Waals surface area contributed by atoms with E-state index in [4.69, 9.17) is 0 Å². The summed E-state index contributed by atoms with van der Waals surface area (Å²) in [7, 11) is 1.05. The number of ether oxygens (including phenoxy) is 1. The van der Waals surface area contributed by atoms with Gasteiger partial charge in [-0.2, -0.15) is 0 Å². The van der Waals surface area contributed by atoms with Gasteiger partial charge >= 0.3 is 5.97 Å². The minimum absolute atomic E-state index is 0.0119. The number of Topliss-reactive ketones (excluding diaryl/α,β-unsaturated/α-hetero) is 2. The van der Waals surface area contributed by atoms with E-state index >= 15 is 0 Å². The maximum Gasteiger partial charge on any atom is 0.333 e. The Balaban J connectivity index is 1.89. The van der Waals surface area contributed by atoms with E-state index in [0.717, 1.165) is 30.2 Å². The van der Waals surface area contributed by atoms with Crippen molar-refractivity contribution in [3.8, 4) is 0 Å². The lowest BCUT2D eigenvalue weighted by Gasteiger charge is -2.17. The van der Waals surface area contributed by atoms with Crippen molar-refractivity contribution in [1.29, 1.82) is 0 Å². The number of hydrogen-bond acceptors (Lipinski definition) is 6. The van der Waals surface area contributed by atoms with Crippen LogP contribution in [0.3, 0.4) is 0 Å². The molecule has 9 heteroatoms. The fourth-order valence-corrected chi connectivity index (χ4v) is 3.52. The van der Waals surface area contributed by atoms with Gasteiger partial charge < -0.3 is 10.1 Å². The van der Waals surface area contributed by atoms with Crippen molar-refractivity contribution < 1.29 is 32.7 Å². The van der Waals surface area contributed by atoms with Gasteiger partial charge in [-0.1, -0.05) is 0 Å². The molecule has 1 N–H and O–H groups in total. The summed E-state index contributed by atoms with van der Waals surface area (Å²) >= 11 is 1.35. The van der Waals surface area contributed by atoms with Crippen LogP contribution in [0.4, 0.5) is 8.78 Å². The summed E-state index contributed by atoms with van der Waals surface area (Å²) in [5.74, 6) is -3.78. The molecular weight excluding hydrogens is 416 g/mol. The third kappa shape index (κ3) is 6.55. The van der Waals surface area contributed by atoms with Gasteiger partial charge in [0.15, 0.2) is 11.8 Å². The first-order valence-electron chi connectivity index (χ1n) is 9.14. The summed E-state index contributed by atoms with van der Waals surface area (Å²) < 4.78 is 32.0. The van der Waals surface area contributed by atoms with Crippen LogP contribution in [-0.2, 0) is 19.1 Å².